The summed E-state index contributed by atoms with van der Waals surface area (Å²) in [5.74, 6) is -0.569. The van der Waals surface area contributed by atoms with E-state index < -0.39 is 4.92 Å². The van der Waals surface area contributed by atoms with Gasteiger partial charge in [0, 0.05) is 13.1 Å². The van der Waals surface area contributed by atoms with Gasteiger partial charge in [-0.05, 0) is 50.3 Å². The summed E-state index contributed by atoms with van der Waals surface area (Å²) in [6, 6.07) is 2.61. The lowest BCUT2D eigenvalue weighted by molar-refractivity contribution is -0.402. The molecule has 7 nitrogen and oxygen atoms in total. The lowest BCUT2D eigenvalue weighted by Crippen LogP contribution is -2.47. The third-order valence-electron chi connectivity index (χ3n) is 4.76. The molecule has 0 aromatic carbocycles. The van der Waals surface area contributed by atoms with Gasteiger partial charge in [-0.3, -0.25) is 14.9 Å². The Morgan fingerprint density at radius 1 is 1.23 bits per heavy atom. The number of hydrogen-bond acceptors (Lipinski definition) is 5. The Bertz CT molecular complexity index is 544. The average molecular weight is 330 g/mol. The van der Waals surface area contributed by atoms with Crippen LogP contribution in [0.5, 0.6) is 0 Å². The van der Waals surface area contributed by atoms with Crippen LogP contribution in [0.25, 0.3) is 0 Å². The molecule has 2 aliphatic rings. The molecule has 0 radical (unpaired) electrons. The number of piperidine rings is 2. The van der Waals surface area contributed by atoms with E-state index in [1.807, 2.05) is 0 Å². The van der Waals surface area contributed by atoms with Gasteiger partial charge in [0.25, 0.3) is 5.91 Å². The summed E-state index contributed by atoms with van der Waals surface area (Å²) in [4.78, 5) is 24.0. The Labute approximate surface area is 134 Å². The molecular weight excluding hydrogens is 310 g/mol. The van der Waals surface area contributed by atoms with E-state index >= 15 is 0 Å². The van der Waals surface area contributed by atoms with Crippen molar-refractivity contribution in [1.29, 1.82) is 0 Å². The van der Waals surface area contributed by atoms with Gasteiger partial charge in [-0.1, -0.05) is 0 Å². The minimum absolute atomic E-state index is 0. The molecule has 1 spiro atoms. The van der Waals surface area contributed by atoms with Crippen LogP contribution in [-0.2, 0) is 0 Å². The third-order valence-corrected chi connectivity index (χ3v) is 4.76. The standard InChI is InChI=1S/C14H19N3O4.ClH/c18-13(11-1-2-12(21-11)17(19)20)16-9-5-14(6-10-16)3-7-15-8-4-14;/h1-2,15H,3-10H2;1H. The van der Waals surface area contributed by atoms with Crippen LogP contribution in [0.15, 0.2) is 16.5 Å². The van der Waals surface area contributed by atoms with E-state index in [0.29, 0.717) is 18.5 Å². The Hall–Kier alpha value is -1.60. The molecule has 3 rings (SSSR count). The number of rotatable bonds is 2. The first-order valence-electron chi connectivity index (χ1n) is 7.34. The van der Waals surface area contributed by atoms with E-state index in [1.165, 1.54) is 25.0 Å². The highest BCUT2D eigenvalue weighted by atomic mass is 35.5. The first-order valence-corrected chi connectivity index (χ1v) is 7.34. The van der Waals surface area contributed by atoms with Crippen molar-refractivity contribution in [2.75, 3.05) is 26.2 Å². The van der Waals surface area contributed by atoms with Gasteiger partial charge in [-0.2, -0.15) is 0 Å². The molecule has 22 heavy (non-hydrogen) atoms. The zero-order valence-electron chi connectivity index (χ0n) is 12.2. The van der Waals surface area contributed by atoms with Crippen molar-refractivity contribution < 1.29 is 14.1 Å². The summed E-state index contributed by atoms with van der Waals surface area (Å²) in [7, 11) is 0. The molecule has 8 heteroatoms. The second kappa shape index (κ2) is 6.66. The number of nitrogens with one attached hydrogen (secondary N) is 1. The molecule has 0 bridgehead atoms. The summed E-state index contributed by atoms with van der Waals surface area (Å²) in [5, 5.41) is 14.0. The Balaban J connectivity index is 0.00000176. The zero-order chi connectivity index (χ0) is 14.9. The lowest BCUT2D eigenvalue weighted by atomic mass is 9.71. The lowest BCUT2D eigenvalue weighted by Gasteiger charge is -2.44. The van der Waals surface area contributed by atoms with Crippen LogP contribution in [0.2, 0.25) is 0 Å². The number of furan rings is 1. The zero-order valence-corrected chi connectivity index (χ0v) is 13.1. The molecule has 0 saturated carbocycles. The molecule has 0 atom stereocenters. The largest absolute Gasteiger partial charge is 0.433 e. The molecule has 1 amide bonds. The summed E-state index contributed by atoms with van der Waals surface area (Å²) >= 11 is 0. The van der Waals surface area contributed by atoms with Crippen molar-refractivity contribution in [2.24, 2.45) is 5.41 Å². The van der Waals surface area contributed by atoms with Crippen molar-refractivity contribution in [2.45, 2.75) is 25.7 Å². The number of hydrogen-bond donors (Lipinski definition) is 1. The van der Waals surface area contributed by atoms with E-state index in [0.717, 1.165) is 25.9 Å². The minimum atomic E-state index is -0.628. The van der Waals surface area contributed by atoms with Gasteiger partial charge in [0.05, 0.1) is 6.07 Å². The Kier molecular flexibility index (Phi) is 5.08. The molecule has 3 heterocycles. The van der Waals surface area contributed by atoms with Crippen LogP contribution >= 0.6 is 12.4 Å². The van der Waals surface area contributed by atoms with Crippen molar-refractivity contribution in [3.8, 4) is 0 Å². The fourth-order valence-corrected chi connectivity index (χ4v) is 3.34. The Morgan fingerprint density at radius 2 is 1.86 bits per heavy atom. The number of carbonyl (C=O) groups is 1. The van der Waals surface area contributed by atoms with Crippen molar-refractivity contribution in [3.05, 3.63) is 28.0 Å². The number of nitro groups is 1. The maximum absolute atomic E-state index is 12.3. The first kappa shape index (κ1) is 16.8. The van der Waals surface area contributed by atoms with Crippen LogP contribution in [0.1, 0.15) is 36.2 Å². The monoisotopic (exact) mass is 329 g/mol. The van der Waals surface area contributed by atoms with E-state index in [-0.39, 0.29) is 30.0 Å². The number of likely N-dealkylation sites (tertiary alicyclic amines) is 1. The van der Waals surface area contributed by atoms with Gasteiger partial charge in [0.2, 0.25) is 0 Å². The van der Waals surface area contributed by atoms with Crippen molar-refractivity contribution in [3.63, 3.8) is 0 Å². The number of amides is 1. The van der Waals surface area contributed by atoms with Gasteiger partial charge in [0.15, 0.2) is 5.76 Å². The van der Waals surface area contributed by atoms with E-state index in [2.05, 4.69) is 5.32 Å². The maximum atomic E-state index is 12.3. The van der Waals surface area contributed by atoms with Gasteiger partial charge >= 0.3 is 5.88 Å². The molecule has 1 N–H and O–H groups in total. The highest BCUT2D eigenvalue weighted by Gasteiger charge is 2.37. The third kappa shape index (κ3) is 3.25. The van der Waals surface area contributed by atoms with Gasteiger partial charge in [-0.15, -0.1) is 12.4 Å². The van der Waals surface area contributed by atoms with Crippen molar-refractivity contribution >= 4 is 24.2 Å². The maximum Gasteiger partial charge on any atom is 0.433 e. The smallest absolute Gasteiger partial charge is 0.395 e. The van der Waals surface area contributed by atoms with Crippen LogP contribution in [0.3, 0.4) is 0 Å². The quantitative estimate of drug-likeness (QED) is 0.664. The van der Waals surface area contributed by atoms with Crippen LogP contribution in [0.4, 0.5) is 5.88 Å². The summed E-state index contributed by atoms with van der Waals surface area (Å²) in [6.45, 7) is 3.51. The predicted octanol–water partition coefficient (Wildman–Crippen LogP) is 2.22. The highest BCUT2D eigenvalue weighted by Crippen LogP contribution is 2.39. The molecule has 2 fully saturated rings. The SMILES string of the molecule is Cl.O=C(c1ccc([N+](=O)[O-])o1)N1CCC2(CCNCC2)CC1. The molecule has 1 aromatic heterocycles. The van der Waals surface area contributed by atoms with Gasteiger partial charge < -0.3 is 14.6 Å². The summed E-state index contributed by atoms with van der Waals surface area (Å²) < 4.78 is 5.00. The van der Waals surface area contributed by atoms with Crippen LogP contribution < -0.4 is 5.32 Å². The average Bonchev–Trinajstić information content (AvgIpc) is 2.98. The fraction of sp³-hybridized carbons (Fsp3) is 0.643. The predicted molar refractivity (Wildman–Crippen MR) is 82.3 cm³/mol. The van der Waals surface area contributed by atoms with E-state index in [4.69, 9.17) is 4.42 Å². The topological polar surface area (TPSA) is 88.6 Å². The first-order chi connectivity index (χ1) is 10.1. The highest BCUT2D eigenvalue weighted by molar-refractivity contribution is 5.91. The molecule has 0 aliphatic carbocycles. The van der Waals surface area contributed by atoms with Gasteiger partial charge in [-0.25, -0.2) is 0 Å². The number of nitrogens with zero attached hydrogens (tertiary/aromatic N) is 2. The summed E-state index contributed by atoms with van der Waals surface area (Å²) in [5.41, 5.74) is 0.372. The minimum Gasteiger partial charge on any atom is -0.395 e. The molecule has 1 aromatic rings. The second-order valence-corrected chi connectivity index (χ2v) is 5.94. The Morgan fingerprint density at radius 3 is 2.41 bits per heavy atom. The van der Waals surface area contributed by atoms with E-state index in [1.54, 1.807) is 4.90 Å². The van der Waals surface area contributed by atoms with Gasteiger partial charge in [0.1, 0.15) is 4.92 Å². The van der Waals surface area contributed by atoms with Crippen molar-refractivity contribution in [1.82, 2.24) is 10.2 Å². The summed E-state index contributed by atoms with van der Waals surface area (Å²) in [6.07, 6.45) is 4.34. The molecule has 2 saturated heterocycles. The molecule has 122 valence electrons. The van der Waals surface area contributed by atoms with E-state index in [9.17, 15) is 14.9 Å². The van der Waals surface area contributed by atoms with Crippen LogP contribution in [-0.4, -0.2) is 41.9 Å². The molecule has 0 unspecified atom stereocenters. The number of halogens is 1. The normalized spacial score (nSPS) is 20.5. The van der Waals surface area contributed by atoms with Crippen LogP contribution in [0, 0.1) is 15.5 Å². The second-order valence-electron chi connectivity index (χ2n) is 5.94. The fourth-order valence-electron chi connectivity index (χ4n) is 3.34. The molecule has 2 aliphatic heterocycles. The number of carbonyl (C=O) groups excluding carboxylic acids is 1. The molecular formula is C14H20ClN3O4.